The van der Waals surface area contributed by atoms with Gasteiger partial charge in [0.1, 0.15) is 0 Å². The first-order chi connectivity index (χ1) is 8.99. The lowest BCUT2D eigenvalue weighted by Gasteiger charge is -2.04. The first kappa shape index (κ1) is 15.7. The lowest BCUT2D eigenvalue weighted by molar-refractivity contribution is -0.116. The largest absolute Gasteiger partial charge is 0.393 e. The molecule has 0 saturated heterocycles. The topological polar surface area (TPSA) is 49.3 Å². The van der Waals surface area contributed by atoms with E-state index in [1.54, 1.807) is 13.0 Å². The van der Waals surface area contributed by atoms with Crippen molar-refractivity contribution in [1.29, 1.82) is 0 Å². The van der Waals surface area contributed by atoms with Crippen LogP contribution in [0.25, 0.3) is 6.08 Å². The van der Waals surface area contributed by atoms with Crippen molar-refractivity contribution in [2.75, 3.05) is 6.54 Å². The molecule has 0 bridgehead atoms. The molecule has 0 spiro atoms. The van der Waals surface area contributed by atoms with Crippen molar-refractivity contribution in [3.8, 4) is 0 Å². The van der Waals surface area contributed by atoms with Crippen molar-refractivity contribution >= 4 is 23.6 Å². The van der Waals surface area contributed by atoms with E-state index in [1.807, 2.05) is 25.1 Å². The molecule has 1 aromatic carbocycles. The summed E-state index contributed by atoms with van der Waals surface area (Å²) in [5, 5.41) is 12.5. The summed E-state index contributed by atoms with van der Waals surface area (Å²) in [4.78, 5) is 11.5. The quantitative estimate of drug-likeness (QED) is 0.622. The number of aryl methyl sites for hydroxylation is 1. The molecule has 1 amide bonds. The maximum atomic E-state index is 11.5. The molecule has 0 heterocycles. The van der Waals surface area contributed by atoms with E-state index in [2.05, 4.69) is 5.32 Å². The van der Waals surface area contributed by atoms with E-state index < -0.39 is 0 Å². The second kappa shape index (κ2) is 7.97. The molecular weight excluding hydrogens is 262 g/mol. The molecule has 1 aromatic rings. The monoisotopic (exact) mass is 281 g/mol. The van der Waals surface area contributed by atoms with Gasteiger partial charge in [-0.15, -0.1) is 0 Å². The number of hydrogen-bond acceptors (Lipinski definition) is 2. The highest BCUT2D eigenvalue weighted by molar-refractivity contribution is 6.31. The van der Waals surface area contributed by atoms with Gasteiger partial charge in [-0.3, -0.25) is 4.79 Å². The molecule has 1 unspecified atom stereocenters. The zero-order valence-corrected chi connectivity index (χ0v) is 12.1. The average molecular weight is 282 g/mol. The summed E-state index contributed by atoms with van der Waals surface area (Å²) in [6, 6.07) is 5.66. The predicted molar refractivity (Wildman–Crippen MR) is 79.1 cm³/mol. The fourth-order valence-corrected chi connectivity index (χ4v) is 1.74. The molecule has 4 heteroatoms. The van der Waals surface area contributed by atoms with E-state index in [0.29, 0.717) is 18.0 Å². The van der Waals surface area contributed by atoms with Crippen LogP contribution in [-0.2, 0) is 4.79 Å². The van der Waals surface area contributed by atoms with Gasteiger partial charge in [0.25, 0.3) is 0 Å². The zero-order valence-electron chi connectivity index (χ0n) is 11.3. The van der Waals surface area contributed by atoms with Gasteiger partial charge in [0.15, 0.2) is 0 Å². The molecule has 0 aromatic heterocycles. The van der Waals surface area contributed by atoms with Gasteiger partial charge in [-0.1, -0.05) is 23.7 Å². The van der Waals surface area contributed by atoms with Gasteiger partial charge >= 0.3 is 0 Å². The van der Waals surface area contributed by atoms with Gasteiger partial charge < -0.3 is 10.4 Å². The lowest BCUT2D eigenvalue weighted by Crippen LogP contribution is -2.22. The molecule has 1 atom stereocenters. The standard InChI is InChI=1S/C15H20ClNO2/c1-11-5-6-13(10-14(11)16)7-8-15(19)17-9-3-4-12(2)18/h5-8,10,12,18H,3-4,9H2,1-2H3,(H,17,19)/b8-7+. The van der Waals surface area contributed by atoms with Crippen molar-refractivity contribution in [3.05, 3.63) is 40.4 Å². The van der Waals surface area contributed by atoms with Crippen LogP contribution in [0, 0.1) is 6.92 Å². The number of carbonyl (C=O) groups excluding carboxylic acids is 1. The maximum Gasteiger partial charge on any atom is 0.243 e. The number of halogens is 1. The van der Waals surface area contributed by atoms with Gasteiger partial charge in [0.2, 0.25) is 5.91 Å². The molecule has 104 valence electrons. The van der Waals surface area contributed by atoms with E-state index in [9.17, 15) is 4.79 Å². The number of aliphatic hydroxyl groups excluding tert-OH is 1. The van der Waals surface area contributed by atoms with Crippen LogP contribution >= 0.6 is 11.6 Å². The zero-order chi connectivity index (χ0) is 14.3. The Balaban J connectivity index is 2.39. The average Bonchev–Trinajstić information content (AvgIpc) is 2.36. The minimum absolute atomic E-state index is 0.137. The first-order valence-electron chi connectivity index (χ1n) is 6.39. The molecule has 1 rings (SSSR count). The first-order valence-corrected chi connectivity index (χ1v) is 6.77. The Labute approximate surface area is 119 Å². The van der Waals surface area contributed by atoms with Gasteiger partial charge in [-0.05, 0) is 50.0 Å². The molecule has 0 saturated carbocycles. The summed E-state index contributed by atoms with van der Waals surface area (Å²) in [5.74, 6) is -0.137. The van der Waals surface area contributed by atoms with Gasteiger partial charge in [0.05, 0.1) is 6.10 Å². The lowest BCUT2D eigenvalue weighted by atomic mass is 10.1. The van der Waals surface area contributed by atoms with Crippen LogP contribution < -0.4 is 5.32 Å². The highest BCUT2D eigenvalue weighted by atomic mass is 35.5. The van der Waals surface area contributed by atoms with E-state index in [-0.39, 0.29) is 12.0 Å². The van der Waals surface area contributed by atoms with Crippen molar-refractivity contribution in [1.82, 2.24) is 5.32 Å². The molecule has 0 aliphatic carbocycles. The molecular formula is C15H20ClNO2. The van der Waals surface area contributed by atoms with Gasteiger partial charge in [-0.25, -0.2) is 0 Å². The van der Waals surface area contributed by atoms with Crippen molar-refractivity contribution in [2.24, 2.45) is 0 Å². The van der Waals surface area contributed by atoms with Crippen molar-refractivity contribution in [3.63, 3.8) is 0 Å². The number of amides is 1. The molecule has 3 nitrogen and oxygen atoms in total. The van der Waals surface area contributed by atoms with Crippen LogP contribution in [0.2, 0.25) is 5.02 Å². The normalized spacial score (nSPS) is 12.6. The SMILES string of the molecule is Cc1ccc(/C=C/C(=O)NCCCC(C)O)cc1Cl. The third-order valence-electron chi connectivity index (χ3n) is 2.72. The van der Waals surface area contributed by atoms with Crippen LogP contribution in [-0.4, -0.2) is 23.7 Å². The highest BCUT2D eigenvalue weighted by Gasteiger charge is 1.99. The fourth-order valence-electron chi connectivity index (χ4n) is 1.55. The van der Waals surface area contributed by atoms with Crippen LogP contribution in [0.4, 0.5) is 0 Å². The number of nitrogens with one attached hydrogen (secondary N) is 1. The maximum absolute atomic E-state index is 11.5. The van der Waals surface area contributed by atoms with Crippen LogP contribution in [0.1, 0.15) is 30.9 Å². The van der Waals surface area contributed by atoms with Crippen LogP contribution in [0.15, 0.2) is 24.3 Å². The van der Waals surface area contributed by atoms with E-state index in [4.69, 9.17) is 16.7 Å². The van der Waals surface area contributed by atoms with Crippen LogP contribution in [0.5, 0.6) is 0 Å². The summed E-state index contributed by atoms with van der Waals surface area (Å²) in [6.45, 7) is 4.25. The van der Waals surface area contributed by atoms with Gasteiger partial charge in [-0.2, -0.15) is 0 Å². The predicted octanol–water partition coefficient (Wildman–Crippen LogP) is 2.94. The molecule has 2 N–H and O–H groups in total. The second-order valence-corrected chi connectivity index (χ2v) is 5.03. The van der Waals surface area contributed by atoms with E-state index in [1.165, 1.54) is 6.08 Å². The van der Waals surface area contributed by atoms with E-state index in [0.717, 1.165) is 17.5 Å². The second-order valence-electron chi connectivity index (χ2n) is 4.62. The molecule has 0 aliphatic heterocycles. The number of hydrogen-bond donors (Lipinski definition) is 2. The molecule has 0 aliphatic rings. The Morgan fingerprint density at radius 3 is 2.89 bits per heavy atom. The van der Waals surface area contributed by atoms with E-state index >= 15 is 0 Å². The smallest absolute Gasteiger partial charge is 0.243 e. The molecule has 0 radical (unpaired) electrons. The Morgan fingerprint density at radius 1 is 1.53 bits per heavy atom. The highest BCUT2D eigenvalue weighted by Crippen LogP contribution is 2.17. The fraction of sp³-hybridized carbons (Fsp3) is 0.400. The molecule has 0 fully saturated rings. The summed E-state index contributed by atoms with van der Waals surface area (Å²) >= 11 is 6.00. The third-order valence-corrected chi connectivity index (χ3v) is 3.13. The summed E-state index contributed by atoms with van der Waals surface area (Å²) in [7, 11) is 0. The molecule has 19 heavy (non-hydrogen) atoms. The third kappa shape index (κ3) is 6.41. The minimum Gasteiger partial charge on any atom is -0.393 e. The van der Waals surface area contributed by atoms with Gasteiger partial charge in [0, 0.05) is 17.6 Å². The summed E-state index contributed by atoms with van der Waals surface area (Å²) < 4.78 is 0. The number of rotatable bonds is 6. The Kier molecular flexibility index (Phi) is 6.60. The van der Waals surface area contributed by atoms with Crippen LogP contribution in [0.3, 0.4) is 0 Å². The Bertz CT molecular complexity index is 455. The van der Waals surface area contributed by atoms with Crippen molar-refractivity contribution in [2.45, 2.75) is 32.8 Å². The number of aliphatic hydroxyl groups is 1. The number of carbonyl (C=O) groups is 1. The summed E-state index contributed by atoms with van der Waals surface area (Å²) in [6.07, 6.45) is 4.37. The van der Waals surface area contributed by atoms with Crippen molar-refractivity contribution < 1.29 is 9.90 Å². The summed E-state index contributed by atoms with van der Waals surface area (Å²) in [5.41, 5.74) is 1.91. The Hall–Kier alpha value is -1.32. The minimum atomic E-state index is -0.317. The Morgan fingerprint density at radius 2 is 2.26 bits per heavy atom. The number of benzene rings is 1.